The Morgan fingerprint density at radius 1 is 0.333 bits per heavy atom. The molecule has 1 unspecified atom stereocenters. The molecule has 0 N–H and O–H groups in total. The van der Waals surface area contributed by atoms with Crippen LogP contribution >= 0.6 is 45.3 Å². The van der Waals surface area contributed by atoms with Crippen LogP contribution in [0.5, 0.6) is 0 Å². The Kier molecular flexibility index (Phi) is 8.27. The minimum absolute atomic E-state index is 0.555. The van der Waals surface area contributed by atoms with E-state index >= 15 is 0 Å². The van der Waals surface area contributed by atoms with E-state index in [2.05, 4.69) is 207 Å². The summed E-state index contributed by atoms with van der Waals surface area (Å²) in [4.78, 5) is 5.29. The molecule has 0 saturated carbocycles. The van der Waals surface area contributed by atoms with Gasteiger partial charge >= 0.3 is 0 Å². The second-order valence-corrected chi connectivity index (χ2v) is 21.4. The molecular weight excluding hydrogens is 837 g/mol. The van der Waals surface area contributed by atoms with E-state index in [1.807, 2.05) is 45.3 Å². The van der Waals surface area contributed by atoms with E-state index in [9.17, 15) is 0 Å². The first-order chi connectivity index (χ1) is 30.9. The molecule has 0 nitrogen and oxygen atoms in total. The highest BCUT2D eigenvalue weighted by atomic mass is 32.1. The van der Waals surface area contributed by atoms with Gasteiger partial charge in [0, 0.05) is 40.0 Å². The van der Waals surface area contributed by atoms with Crippen molar-refractivity contribution < 1.29 is 0 Å². The Labute approximate surface area is 384 Å². The number of thiophene rings is 4. The van der Waals surface area contributed by atoms with Crippen molar-refractivity contribution in [1.29, 1.82) is 0 Å². The fourth-order valence-electron chi connectivity index (χ4n) is 11.0. The average Bonchev–Trinajstić information content (AvgIpc) is 4.18. The standard InChI is InChI=1S/C59H40S4/c1-35-13-21-41(22-14-35)58(40-9-5-4-6-10-40)46-27-19-38-31-52(50-11-7-29-60-50)62-56(38)54(46)44-34-49-45(33-48(44)58)55-47(28-20-39-32-53(63-57(39)55)51-12-8-30-61-51)59(49,42-23-15-36(2)16-24-42)43-25-17-37(3)18-26-43/h4-34H,1-3H3. The molecule has 2 aliphatic carbocycles. The lowest BCUT2D eigenvalue weighted by atomic mass is 9.65. The molecular formula is C59H40S4. The van der Waals surface area contributed by atoms with Crippen LogP contribution in [0.3, 0.4) is 0 Å². The van der Waals surface area contributed by atoms with Crippen LogP contribution in [0.2, 0.25) is 0 Å². The van der Waals surface area contributed by atoms with E-state index < -0.39 is 10.8 Å². The lowest BCUT2D eigenvalue weighted by Crippen LogP contribution is -2.30. The molecule has 63 heavy (non-hydrogen) atoms. The Bertz CT molecular complexity index is 3500. The van der Waals surface area contributed by atoms with Gasteiger partial charge in [0.25, 0.3) is 0 Å². The SMILES string of the molecule is Cc1ccc(C2(c3ccccc3)c3cc4c(cc3-c3c2ccc2cc(-c5cccs5)sc32)C(c2ccc(C)cc2)(c2ccc(C)cc2)c2ccc3cc(-c5cccs5)sc3c2-4)cc1. The van der Waals surface area contributed by atoms with Gasteiger partial charge in [0.05, 0.1) is 10.8 Å². The molecule has 11 aromatic rings. The normalized spacial score (nSPS) is 15.7. The maximum atomic E-state index is 2.66. The highest BCUT2D eigenvalue weighted by Crippen LogP contribution is 2.65. The van der Waals surface area contributed by atoms with E-state index in [1.54, 1.807) is 0 Å². The smallest absolute Gasteiger partial charge is 0.0714 e. The number of rotatable bonds is 6. The van der Waals surface area contributed by atoms with Crippen molar-refractivity contribution in [2.75, 3.05) is 0 Å². The van der Waals surface area contributed by atoms with Crippen LogP contribution in [0.1, 0.15) is 61.2 Å². The highest BCUT2D eigenvalue weighted by molar-refractivity contribution is 7.26. The third kappa shape index (κ3) is 5.24. The Hall–Kier alpha value is -6.14. The summed E-state index contributed by atoms with van der Waals surface area (Å²) in [6.07, 6.45) is 0. The third-order valence-electron chi connectivity index (χ3n) is 13.9. The molecule has 300 valence electrons. The lowest BCUT2D eigenvalue weighted by Gasteiger charge is -2.35. The first-order valence-corrected chi connectivity index (χ1v) is 25.0. The van der Waals surface area contributed by atoms with Gasteiger partial charge in [-0.1, -0.05) is 156 Å². The third-order valence-corrected chi connectivity index (χ3v) is 18.3. The minimum atomic E-state index is -0.560. The molecule has 0 amide bonds. The Morgan fingerprint density at radius 2 is 0.730 bits per heavy atom. The maximum Gasteiger partial charge on any atom is 0.0714 e. The van der Waals surface area contributed by atoms with Crippen LogP contribution in [0.4, 0.5) is 0 Å². The minimum Gasteiger partial charge on any atom is -0.143 e. The molecule has 2 aliphatic rings. The molecule has 0 bridgehead atoms. The Morgan fingerprint density at radius 3 is 1.11 bits per heavy atom. The van der Waals surface area contributed by atoms with E-state index in [0.717, 1.165) is 0 Å². The topological polar surface area (TPSA) is 0 Å². The molecule has 7 aromatic carbocycles. The van der Waals surface area contributed by atoms with Gasteiger partial charge in [0.15, 0.2) is 0 Å². The molecule has 0 radical (unpaired) electrons. The van der Waals surface area contributed by atoms with Crippen LogP contribution in [0, 0.1) is 20.8 Å². The summed E-state index contributed by atoms with van der Waals surface area (Å²) in [6.45, 7) is 6.61. The molecule has 4 aromatic heterocycles. The van der Waals surface area contributed by atoms with Crippen LogP contribution in [-0.2, 0) is 10.8 Å². The summed E-state index contributed by atoms with van der Waals surface area (Å²) < 4.78 is 2.71. The first-order valence-electron chi connectivity index (χ1n) is 21.6. The monoisotopic (exact) mass is 876 g/mol. The molecule has 4 heteroatoms. The number of hydrogen-bond donors (Lipinski definition) is 0. The van der Waals surface area contributed by atoms with Gasteiger partial charge in [-0.2, -0.15) is 0 Å². The quantitative estimate of drug-likeness (QED) is 0.156. The zero-order valence-electron chi connectivity index (χ0n) is 35.0. The summed E-state index contributed by atoms with van der Waals surface area (Å²) in [5, 5.41) is 6.99. The molecule has 4 heterocycles. The second kappa shape index (κ2) is 13.9. The summed E-state index contributed by atoms with van der Waals surface area (Å²) >= 11 is 7.55. The van der Waals surface area contributed by atoms with Gasteiger partial charge in [-0.05, 0) is 134 Å². The average molecular weight is 877 g/mol. The fourth-order valence-corrected chi connectivity index (χ4v) is 15.1. The van der Waals surface area contributed by atoms with Gasteiger partial charge in [-0.15, -0.1) is 45.3 Å². The van der Waals surface area contributed by atoms with E-state index in [-0.39, 0.29) is 0 Å². The molecule has 0 fully saturated rings. The molecule has 13 rings (SSSR count). The van der Waals surface area contributed by atoms with Crippen LogP contribution in [0.25, 0.3) is 61.9 Å². The second-order valence-electron chi connectivity index (χ2n) is 17.4. The number of aryl methyl sites for hydroxylation is 3. The molecule has 1 atom stereocenters. The maximum absolute atomic E-state index is 2.66. The van der Waals surface area contributed by atoms with Crippen molar-refractivity contribution in [3.8, 4) is 41.8 Å². The zero-order chi connectivity index (χ0) is 42.0. The first kappa shape index (κ1) is 37.4. The van der Waals surface area contributed by atoms with Crippen LogP contribution in [-0.4, -0.2) is 0 Å². The predicted molar refractivity (Wildman–Crippen MR) is 273 cm³/mol. The van der Waals surface area contributed by atoms with Crippen molar-refractivity contribution in [3.05, 3.63) is 248 Å². The summed E-state index contributed by atoms with van der Waals surface area (Å²) in [6, 6.07) is 68.3. The van der Waals surface area contributed by atoms with E-state index in [1.165, 1.54) is 123 Å². The van der Waals surface area contributed by atoms with Crippen molar-refractivity contribution in [2.45, 2.75) is 31.6 Å². The van der Waals surface area contributed by atoms with Gasteiger partial charge in [-0.3, -0.25) is 0 Å². The van der Waals surface area contributed by atoms with Crippen molar-refractivity contribution >= 4 is 65.5 Å². The van der Waals surface area contributed by atoms with E-state index in [4.69, 9.17) is 0 Å². The van der Waals surface area contributed by atoms with Gasteiger partial charge in [0.1, 0.15) is 0 Å². The molecule has 0 saturated heterocycles. The molecule has 0 spiro atoms. The van der Waals surface area contributed by atoms with E-state index in [0.29, 0.717) is 0 Å². The van der Waals surface area contributed by atoms with Crippen LogP contribution < -0.4 is 0 Å². The van der Waals surface area contributed by atoms with Gasteiger partial charge < -0.3 is 0 Å². The number of fused-ring (bicyclic) bond motifs is 10. The van der Waals surface area contributed by atoms with Crippen molar-refractivity contribution in [2.24, 2.45) is 0 Å². The number of hydrogen-bond acceptors (Lipinski definition) is 4. The van der Waals surface area contributed by atoms with Gasteiger partial charge in [0.2, 0.25) is 0 Å². The number of benzene rings is 7. The zero-order valence-corrected chi connectivity index (χ0v) is 38.3. The van der Waals surface area contributed by atoms with Crippen LogP contribution in [0.15, 0.2) is 187 Å². The lowest BCUT2D eigenvalue weighted by molar-refractivity contribution is 0.758. The Balaban J connectivity index is 1.23. The predicted octanol–water partition coefficient (Wildman–Crippen LogP) is 17.2. The van der Waals surface area contributed by atoms with Crippen molar-refractivity contribution in [3.63, 3.8) is 0 Å². The fraction of sp³-hybridized carbons (Fsp3) is 0.0847. The van der Waals surface area contributed by atoms with Crippen molar-refractivity contribution in [1.82, 2.24) is 0 Å². The summed E-state index contributed by atoms with van der Waals surface area (Å²) in [7, 11) is 0. The summed E-state index contributed by atoms with van der Waals surface area (Å²) in [5.74, 6) is 0. The largest absolute Gasteiger partial charge is 0.143 e. The summed E-state index contributed by atoms with van der Waals surface area (Å²) in [5.41, 5.74) is 18.7. The highest BCUT2D eigenvalue weighted by Gasteiger charge is 2.52. The van der Waals surface area contributed by atoms with Gasteiger partial charge in [-0.25, -0.2) is 0 Å². The molecule has 0 aliphatic heterocycles.